The molecule has 0 unspecified atom stereocenters. The molecule has 31 heavy (non-hydrogen) atoms. The Morgan fingerprint density at radius 2 is 1.77 bits per heavy atom. The average Bonchev–Trinajstić information content (AvgIpc) is 3.24. The van der Waals surface area contributed by atoms with E-state index in [-0.39, 0.29) is 17.5 Å². The number of benzene rings is 2. The van der Waals surface area contributed by atoms with Gasteiger partial charge in [0.05, 0.1) is 16.3 Å². The molecule has 1 saturated heterocycles. The fraction of sp³-hybridized carbons (Fsp3) is 0.286. The van der Waals surface area contributed by atoms with Crippen molar-refractivity contribution in [2.45, 2.75) is 11.8 Å². The third-order valence-electron chi connectivity index (χ3n) is 5.00. The number of halogens is 3. The van der Waals surface area contributed by atoms with Crippen molar-refractivity contribution in [1.82, 2.24) is 20.0 Å². The molecule has 162 valence electrons. The monoisotopic (exact) mass is 480 g/mol. The maximum absolute atomic E-state index is 14.0. The largest absolute Gasteiger partial charge is 0.411 e. The van der Waals surface area contributed by atoms with E-state index >= 15 is 0 Å². The van der Waals surface area contributed by atoms with Crippen molar-refractivity contribution in [1.29, 1.82) is 0 Å². The van der Waals surface area contributed by atoms with Gasteiger partial charge in [-0.1, -0.05) is 53.2 Å². The van der Waals surface area contributed by atoms with Gasteiger partial charge in [-0.05, 0) is 24.3 Å². The molecule has 4 rings (SSSR count). The normalized spacial score (nSPS) is 14.7. The van der Waals surface area contributed by atoms with Gasteiger partial charge in [-0.25, -0.2) is 4.39 Å². The Labute approximate surface area is 193 Å². The molecule has 1 aliphatic heterocycles. The van der Waals surface area contributed by atoms with Gasteiger partial charge in [0.15, 0.2) is 0 Å². The fourth-order valence-electron chi connectivity index (χ4n) is 3.29. The zero-order valence-electron chi connectivity index (χ0n) is 16.4. The number of carbonyl (C=O) groups excluding carboxylic acids is 1. The summed E-state index contributed by atoms with van der Waals surface area (Å²) >= 11 is 13.5. The summed E-state index contributed by atoms with van der Waals surface area (Å²) in [5.41, 5.74) is 1.14. The van der Waals surface area contributed by atoms with E-state index in [2.05, 4.69) is 15.1 Å². The average molecular weight is 481 g/mol. The number of hydrogen-bond donors (Lipinski definition) is 0. The van der Waals surface area contributed by atoms with Crippen LogP contribution in [0.3, 0.4) is 0 Å². The van der Waals surface area contributed by atoms with Gasteiger partial charge in [-0.2, -0.15) is 0 Å². The standard InChI is InChI=1S/C21H19Cl2FN4O2S/c22-16-5-2-1-4-14(16)20-25-26-21(30-20)31-13-19(29)28-10-8-27(9-11-28)12-15-17(23)6-3-7-18(15)24/h1-7H,8-13H2. The highest BCUT2D eigenvalue weighted by Gasteiger charge is 2.23. The van der Waals surface area contributed by atoms with Crippen molar-refractivity contribution in [3.05, 3.63) is 63.9 Å². The molecular weight excluding hydrogens is 462 g/mol. The molecule has 0 radical (unpaired) electrons. The van der Waals surface area contributed by atoms with Crippen molar-refractivity contribution < 1.29 is 13.6 Å². The molecule has 1 amide bonds. The minimum atomic E-state index is -0.307. The van der Waals surface area contributed by atoms with E-state index in [1.807, 2.05) is 12.1 Å². The summed E-state index contributed by atoms with van der Waals surface area (Å²) in [5, 5.41) is 9.25. The second-order valence-corrected chi connectivity index (χ2v) is 8.74. The van der Waals surface area contributed by atoms with Gasteiger partial charge >= 0.3 is 0 Å². The van der Waals surface area contributed by atoms with Crippen LogP contribution in [0.15, 0.2) is 52.1 Å². The third kappa shape index (κ3) is 5.38. The summed E-state index contributed by atoms with van der Waals surface area (Å²) in [7, 11) is 0. The van der Waals surface area contributed by atoms with Gasteiger partial charge in [0.25, 0.3) is 5.22 Å². The summed E-state index contributed by atoms with van der Waals surface area (Å²) in [4.78, 5) is 16.5. The highest BCUT2D eigenvalue weighted by molar-refractivity contribution is 7.99. The quantitative estimate of drug-likeness (QED) is 0.479. The first-order chi connectivity index (χ1) is 15.0. The van der Waals surface area contributed by atoms with Crippen LogP contribution in [0.4, 0.5) is 4.39 Å². The highest BCUT2D eigenvalue weighted by Crippen LogP contribution is 2.29. The summed E-state index contributed by atoms with van der Waals surface area (Å²) in [6.45, 7) is 2.87. The zero-order valence-corrected chi connectivity index (χ0v) is 18.8. The van der Waals surface area contributed by atoms with E-state index in [0.717, 1.165) is 0 Å². The molecule has 2 aromatic carbocycles. The van der Waals surface area contributed by atoms with Gasteiger partial charge in [-0.3, -0.25) is 9.69 Å². The zero-order chi connectivity index (χ0) is 21.8. The smallest absolute Gasteiger partial charge is 0.277 e. The van der Waals surface area contributed by atoms with E-state index in [4.69, 9.17) is 27.6 Å². The van der Waals surface area contributed by atoms with Crippen LogP contribution in [0.1, 0.15) is 5.56 Å². The Bertz CT molecular complexity index is 1050. The molecule has 1 fully saturated rings. The number of thioether (sulfide) groups is 1. The van der Waals surface area contributed by atoms with Crippen LogP contribution in [0.5, 0.6) is 0 Å². The van der Waals surface area contributed by atoms with Gasteiger partial charge in [0.1, 0.15) is 5.82 Å². The predicted molar refractivity (Wildman–Crippen MR) is 119 cm³/mol. The fourth-order valence-corrected chi connectivity index (χ4v) is 4.39. The molecule has 10 heteroatoms. The van der Waals surface area contributed by atoms with E-state index < -0.39 is 0 Å². The molecular formula is C21H19Cl2FN4O2S. The van der Waals surface area contributed by atoms with Crippen LogP contribution in [-0.2, 0) is 11.3 Å². The first-order valence-corrected chi connectivity index (χ1v) is 11.4. The Balaban J connectivity index is 1.27. The van der Waals surface area contributed by atoms with E-state index in [1.165, 1.54) is 17.8 Å². The van der Waals surface area contributed by atoms with Crippen molar-refractivity contribution in [3.8, 4) is 11.5 Å². The SMILES string of the molecule is O=C(CSc1nnc(-c2ccccc2Cl)o1)N1CCN(Cc2c(F)cccc2Cl)CC1. The molecule has 2 heterocycles. The number of piperazine rings is 1. The predicted octanol–water partition coefficient (Wildman–Crippen LogP) is 4.62. The van der Waals surface area contributed by atoms with Crippen LogP contribution in [0.2, 0.25) is 10.0 Å². The lowest BCUT2D eigenvalue weighted by atomic mass is 10.2. The van der Waals surface area contributed by atoms with E-state index in [1.54, 1.807) is 29.2 Å². The molecule has 1 aliphatic rings. The van der Waals surface area contributed by atoms with Crippen LogP contribution in [0.25, 0.3) is 11.5 Å². The lowest BCUT2D eigenvalue weighted by Gasteiger charge is -2.34. The van der Waals surface area contributed by atoms with Gasteiger partial charge in [0, 0.05) is 43.3 Å². The summed E-state index contributed by atoms with van der Waals surface area (Å²) < 4.78 is 19.6. The maximum Gasteiger partial charge on any atom is 0.277 e. The van der Waals surface area contributed by atoms with E-state index in [9.17, 15) is 9.18 Å². The highest BCUT2D eigenvalue weighted by atomic mass is 35.5. The molecule has 0 aliphatic carbocycles. The Morgan fingerprint density at radius 3 is 2.52 bits per heavy atom. The van der Waals surface area contributed by atoms with E-state index in [0.29, 0.717) is 65.0 Å². The lowest BCUT2D eigenvalue weighted by Crippen LogP contribution is -2.48. The molecule has 0 atom stereocenters. The number of carbonyl (C=O) groups is 1. The first-order valence-electron chi connectivity index (χ1n) is 9.65. The Morgan fingerprint density at radius 1 is 1.03 bits per heavy atom. The molecule has 6 nitrogen and oxygen atoms in total. The second kappa shape index (κ2) is 9.99. The van der Waals surface area contributed by atoms with Crippen molar-refractivity contribution in [3.63, 3.8) is 0 Å². The maximum atomic E-state index is 14.0. The Hall–Kier alpha value is -2.13. The molecule has 1 aromatic heterocycles. The molecule has 3 aromatic rings. The molecule has 0 spiro atoms. The topological polar surface area (TPSA) is 62.5 Å². The van der Waals surface area contributed by atoms with Crippen molar-refractivity contribution in [2.24, 2.45) is 0 Å². The summed E-state index contributed by atoms with van der Waals surface area (Å²) in [6.07, 6.45) is 0. The minimum absolute atomic E-state index is 0.00827. The van der Waals surface area contributed by atoms with Crippen molar-refractivity contribution in [2.75, 3.05) is 31.9 Å². The molecule has 0 N–H and O–H groups in total. The van der Waals surface area contributed by atoms with Crippen LogP contribution in [0, 0.1) is 5.82 Å². The van der Waals surface area contributed by atoms with Crippen LogP contribution >= 0.6 is 35.0 Å². The molecule has 0 bridgehead atoms. The Kier molecular flexibility index (Phi) is 7.12. The minimum Gasteiger partial charge on any atom is -0.411 e. The second-order valence-electron chi connectivity index (χ2n) is 7.00. The summed E-state index contributed by atoms with van der Waals surface area (Å²) in [5.74, 6) is 0.202. The number of hydrogen-bond acceptors (Lipinski definition) is 6. The number of amides is 1. The van der Waals surface area contributed by atoms with Crippen molar-refractivity contribution >= 4 is 40.9 Å². The third-order valence-corrected chi connectivity index (χ3v) is 6.49. The lowest BCUT2D eigenvalue weighted by molar-refractivity contribution is -0.130. The van der Waals surface area contributed by atoms with Gasteiger partial charge in [0.2, 0.25) is 11.8 Å². The van der Waals surface area contributed by atoms with Gasteiger partial charge < -0.3 is 9.32 Å². The first kappa shape index (κ1) is 22.1. The van der Waals surface area contributed by atoms with Crippen LogP contribution in [-0.4, -0.2) is 57.8 Å². The van der Waals surface area contributed by atoms with Gasteiger partial charge in [-0.15, -0.1) is 10.2 Å². The summed E-state index contributed by atoms with van der Waals surface area (Å²) in [6, 6.07) is 11.9. The number of aromatic nitrogens is 2. The number of rotatable bonds is 6. The molecule has 0 saturated carbocycles. The number of nitrogens with zero attached hydrogens (tertiary/aromatic N) is 4. The van der Waals surface area contributed by atoms with Crippen LogP contribution < -0.4 is 0 Å².